The van der Waals surface area contributed by atoms with Gasteiger partial charge in [0.05, 0.1) is 0 Å². The number of nitrogen functional groups attached to an aromatic ring is 1. The van der Waals surface area contributed by atoms with E-state index in [2.05, 4.69) is 25.5 Å². The highest BCUT2D eigenvalue weighted by Crippen LogP contribution is 2.23. The second-order valence-electron chi connectivity index (χ2n) is 2.49. The van der Waals surface area contributed by atoms with Crippen LogP contribution in [0.1, 0.15) is 13.8 Å². The highest BCUT2D eigenvalue weighted by molar-refractivity contribution is 7.64. The van der Waals surface area contributed by atoms with E-state index >= 15 is 0 Å². The first kappa shape index (κ1) is 11.4. The van der Waals surface area contributed by atoms with Crippen LogP contribution in [-0.2, 0) is 0 Å². The molecule has 0 unspecified atom stereocenters. The number of hydrogen-bond acceptors (Lipinski definition) is 1. The van der Waals surface area contributed by atoms with Crippen molar-refractivity contribution in [2.75, 3.05) is 19.1 Å². The van der Waals surface area contributed by atoms with Gasteiger partial charge in [-0.25, -0.2) is 0 Å². The van der Waals surface area contributed by atoms with Crippen LogP contribution in [0.4, 0.5) is 5.69 Å². The summed E-state index contributed by atoms with van der Waals surface area (Å²) in [6.07, 6.45) is 0. The summed E-state index contributed by atoms with van der Waals surface area (Å²) >= 11 is 0. The van der Waals surface area contributed by atoms with Crippen molar-refractivity contribution < 1.29 is 0 Å². The van der Waals surface area contributed by atoms with Crippen LogP contribution in [0, 0.1) is 0 Å². The molecule has 0 fully saturated rings. The lowest BCUT2D eigenvalue weighted by Crippen LogP contribution is -1.98. The molecule has 0 saturated heterocycles. The van der Waals surface area contributed by atoms with E-state index < -0.39 is 0 Å². The molecule has 1 nitrogen and oxygen atoms in total. The molecule has 2 heteroatoms. The highest BCUT2D eigenvalue weighted by atomic mass is 31.1. The molecule has 0 aliphatic rings. The summed E-state index contributed by atoms with van der Waals surface area (Å²) in [5, 5.41) is 1.41. The van der Waals surface area contributed by atoms with Gasteiger partial charge in [-0.3, -0.25) is 0 Å². The van der Waals surface area contributed by atoms with E-state index in [0.29, 0.717) is 0 Å². The standard InChI is InChI=1S/C8H12NP.C2H6/c1-10(2)8-5-3-7(9)4-6-8;1-2/h3-6H,9H2,1-2H3;1-2H3. The minimum absolute atomic E-state index is 0.0365. The Morgan fingerprint density at radius 3 is 1.75 bits per heavy atom. The molecular weight excluding hydrogens is 165 g/mol. The van der Waals surface area contributed by atoms with Gasteiger partial charge >= 0.3 is 0 Å². The molecule has 0 aliphatic heterocycles. The van der Waals surface area contributed by atoms with Gasteiger partial charge in [-0.05, 0) is 30.8 Å². The van der Waals surface area contributed by atoms with E-state index in [1.165, 1.54) is 5.30 Å². The Morgan fingerprint density at radius 1 is 1.00 bits per heavy atom. The van der Waals surface area contributed by atoms with Gasteiger partial charge in [0.15, 0.2) is 0 Å². The number of benzene rings is 1. The lowest BCUT2D eigenvalue weighted by atomic mass is 10.3. The fraction of sp³-hybridized carbons (Fsp3) is 0.400. The number of hydrogen-bond donors (Lipinski definition) is 1. The van der Waals surface area contributed by atoms with Crippen LogP contribution in [-0.4, -0.2) is 13.3 Å². The van der Waals surface area contributed by atoms with Crippen molar-refractivity contribution in [3.63, 3.8) is 0 Å². The number of nitrogens with two attached hydrogens (primary N) is 1. The minimum Gasteiger partial charge on any atom is -0.399 e. The Bertz CT molecular complexity index is 204. The van der Waals surface area contributed by atoms with Crippen LogP contribution in [0.2, 0.25) is 0 Å². The maximum absolute atomic E-state index is 5.53. The molecule has 0 bridgehead atoms. The molecule has 0 atom stereocenters. The van der Waals surface area contributed by atoms with Crippen LogP contribution in [0.15, 0.2) is 24.3 Å². The summed E-state index contributed by atoms with van der Waals surface area (Å²) in [7, 11) is 0.0365. The molecule has 0 radical (unpaired) electrons. The van der Waals surface area contributed by atoms with Crippen molar-refractivity contribution in [3.8, 4) is 0 Å². The molecule has 0 saturated carbocycles. The van der Waals surface area contributed by atoms with Gasteiger partial charge < -0.3 is 5.73 Å². The largest absolute Gasteiger partial charge is 0.399 e. The van der Waals surface area contributed by atoms with E-state index in [1.807, 2.05) is 26.0 Å². The SMILES string of the molecule is CC.CP(C)c1ccc(N)cc1. The van der Waals surface area contributed by atoms with Crippen LogP contribution >= 0.6 is 7.92 Å². The van der Waals surface area contributed by atoms with Gasteiger partial charge in [0.25, 0.3) is 0 Å². The summed E-state index contributed by atoms with van der Waals surface area (Å²) in [5.41, 5.74) is 6.38. The topological polar surface area (TPSA) is 26.0 Å². The minimum atomic E-state index is 0.0365. The predicted molar refractivity (Wildman–Crippen MR) is 60.6 cm³/mol. The third kappa shape index (κ3) is 3.73. The van der Waals surface area contributed by atoms with Crippen molar-refractivity contribution in [2.24, 2.45) is 0 Å². The van der Waals surface area contributed by atoms with Crippen molar-refractivity contribution in [1.29, 1.82) is 0 Å². The molecule has 0 aliphatic carbocycles. The van der Waals surface area contributed by atoms with E-state index in [-0.39, 0.29) is 7.92 Å². The molecule has 2 N–H and O–H groups in total. The van der Waals surface area contributed by atoms with Crippen LogP contribution in [0.5, 0.6) is 0 Å². The van der Waals surface area contributed by atoms with E-state index in [1.54, 1.807) is 0 Å². The summed E-state index contributed by atoms with van der Waals surface area (Å²) in [6, 6.07) is 8.11. The third-order valence-electron chi connectivity index (χ3n) is 1.41. The molecule has 12 heavy (non-hydrogen) atoms. The smallest absolute Gasteiger partial charge is 0.0314 e. The Morgan fingerprint density at radius 2 is 1.42 bits per heavy atom. The number of anilines is 1. The van der Waals surface area contributed by atoms with Gasteiger partial charge in [0, 0.05) is 5.69 Å². The Balaban J connectivity index is 0.000000561. The Hall–Kier alpha value is -0.550. The van der Waals surface area contributed by atoms with Gasteiger partial charge in [-0.2, -0.15) is 0 Å². The molecule has 1 aromatic carbocycles. The van der Waals surface area contributed by atoms with Crippen LogP contribution < -0.4 is 11.0 Å². The lowest BCUT2D eigenvalue weighted by Gasteiger charge is -2.04. The fourth-order valence-electron chi connectivity index (χ4n) is 0.772. The zero-order valence-electron chi connectivity index (χ0n) is 8.33. The summed E-state index contributed by atoms with van der Waals surface area (Å²) in [5.74, 6) is 0. The number of rotatable bonds is 1. The molecule has 0 amide bonds. The van der Waals surface area contributed by atoms with Gasteiger partial charge in [0.2, 0.25) is 0 Å². The van der Waals surface area contributed by atoms with E-state index in [0.717, 1.165) is 5.69 Å². The second-order valence-corrected chi connectivity index (χ2v) is 4.79. The normalized spacial score (nSPS) is 9.08. The first-order valence-corrected chi connectivity index (χ1v) is 6.46. The quantitative estimate of drug-likeness (QED) is 0.525. The van der Waals surface area contributed by atoms with Gasteiger partial charge in [-0.15, -0.1) is 0 Å². The third-order valence-corrected chi connectivity index (χ3v) is 2.74. The molecule has 1 rings (SSSR count). The molecule has 1 aromatic rings. The molecular formula is C10H18NP. The van der Waals surface area contributed by atoms with Crippen molar-refractivity contribution in [3.05, 3.63) is 24.3 Å². The summed E-state index contributed by atoms with van der Waals surface area (Å²) in [6.45, 7) is 8.47. The maximum atomic E-state index is 5.53. The van der Waals surface area contributed by atoms with Crippen LogP contribution in [0.3, 0.4) is 0 Å². The molecule has 0 spiro atoms. The predicted octanol–water partition coefficient (Wildman–Crippen LogP) is 2.66. The zero-order valence-corrected chi connectivity index (χ0v) is 9.23. The van der Waals surface area contributed by atoms with Crippen molar-refractivity contribution in [1.82, 2.24) is 0 Å². The van der Waals surface area contributed by atoms with Gasteiger partial charge in [0.1, 0.15) is 0 Å². The Labute approximate surface area is 76.7 Å². The monoisotopic (exact) mass is 183 g/mol. The first-order chi connectivity index (χ1) is 5.70. The van der Waals surface area contributed by atoms with Crippen LogP contribution in [0.25, 0.3) is 0 Å². The van der Waals surface area contributed by atoms with E-state index in [4.69, 9.17) is 5.73 Å². The highest BCUT2D eigenvalue weighted by Gasteiger charge is 1.94. The Kier molecular flexibility index (Phi) is 5.74. The molecule has 0 heterocycles. The lowest BCUT2D eigenvalue weighted by molar-refractivity contribution is 1.50. The molecule has 0 aromatic heterocycles. The average molecular weight is 183 g/mol. The van der Waals surface area contributed by atoms with Crippen molar-refractivity contribution >= 4 is 18.9 Å². The zero-order chi connectivity index (χ0) is 9.56. The maximum Gasteiger partial charge on any atom is 0.0314 e. The first-order valence-electron chi connectivity index (χ1n) is 4.23. The summed E-state index contributed by atoms with van der Waals surface area (Å²) < 4.78 is 0. The summed E-state index contributed by atoms with van der Waals surface area (Å²) in [4.78, 5) is 0. The van der Waals surface area contributed by atoms with Crippen molar-refractivity contribution in [2.45, 2.75) is 13.8 Å². The fourth-order valence-corrected chi connectivity index (χ4v) is 1.52. The van der Waals surface area contributed by atoms with E-state index in [9.17, 15) is 0 Å². The van der Waals surface area contributed by atoms with Gasteiger partial charge in [-0.1, -0.05) is 33.9 Å². The molecule has 68 valence electrons. The average Bonchev–Trinajstić information content (AvgIpc) is 2.09. The second kappa shape index (κ2) is 6.02.